The SMILES string of the molecule is Nc1ccc(SCc2nc(-c3ccsc3)no2)nc1. The van der Waals surface area contributed by atoms with Gasteiger partial charge in [-0.25, -0.2) is 4.98 Å². The summed E-state index contributed by atoms with van der Waals surface area (Å²) in [5, 5.41) is 8.80. The molecule has 0 saturated carbocycles. The van der Waals surface area contributed by atoms with Gasteiger partial charge in [0, 0.05) is 10.9 Å². The van der Waals surface area contributed by atoms with Crippen LogP contribution in [0.5, 0.6) is 0 Å². The number of aromatic nitrogens is 3. The molecule has 0 fully saturated rings. The first-order valence-corrected chi connectivity index (χ1v) is 7.43. The lowest BCUT2D eigenvalue weighted by molar-refractivity contribution is 0.391. The molecular weight excluding hydrogens is 280 g/mol. The van der Waals surface area contributed by atoms with Gasteiger partial charge in [-0.1, -0.05) is 16.9 Å². The fourth-order valence-electron chi connectivity index (χ4n) is 1.44. The Morgan fingerprint density at radius 2 is 2.26 bits per heavy atom. The predicted molar refractivity (Wildman–Crippen MR) is 75.8 cm³/mol. The van der Waals surface area contributed by atoms with Crippen molar-refractivity contribution >= 4 is 28.8 Å². The number of anilines is 1. The van der Waals surface area contributed by atoms with Crippen molar-refractivity contribution in [2.75, 3.05) is 5.73 Å². The molecule has 0 aliphatic carbocycles. The summed E-state index contributed by atoms with van der Waals surface area (Å²) in [7, 11) is 0. The van der Waals surface area contributed by atoms with E-state index in [0.717, 1.165) is 10.6 Å². The fraction of sp³-hybridized carbons (Fsp3) is 0.0833. The number of thiophene rings is 1. The van der Waals surface area contributed by atoms with E-state index in [2.05, 4.69) is 15.1 Å². The Labute approximate surface area is 117 Å². The Balaban J connectivity index is 1.66. The molecule has 3 rings (SSSR count). The maximum Gasteiger partial charge on any atom is 0.237 e. The molecule has 0 aliphatic rings. The van der Waals surface area contributed by atoms with E-state index in [1.54, 1.807) is 17.5 Å². The zero-order valence-corrected chi connectivity index (χ0v) is 11.4. The van der Waals surface area contributed by atoms with Crippen molar-refractivity contribution in [3.05, 3.63) is 41.0 Å². The number of thioether (sulfide) groups is 1. The summed E-state index contributed by atoms with van der Waals surface area (Å²) < 4.78 is 5.20. The first-order valence-electron chi connectivity index (χ1n) is 5.51. The van der Waals surface area contributed by atoms with Gasteiger partial charge in [0.1, 0.15) is 0 Å². The Morgan fingerprint density at radius 3 is 3.00 bits per heavy atom. The summed E-state index contributed by atoms with van der Waals surface area (Å²) in [4.78, 5) is 8.54. The summed E-state index contributed by atoms with van der Waals surface area (Å²) in [5.74, 6) is 1.81. The third-order valence-corrected chi connectivity index (χ3v) is 3.96. The lowest BCUT2D eigenvalue weighted by atomic mass is 10.3. The minimum Gasteiger partial charge on any atom is -0.397 e. The topological polar surface area (TPSA) is 77.8 Å². The van der Waals surface area contributed by atoms with Crippen molar-refractivity contribution in [3.8, 4) is 11.4 Å². The molecule has 2 N–H and O–H groups in total. The van der Waals surface area contributed by atoms with Gasteiger partial charge in [0.2, 0.25) is 11.7 Å². The Kier molecular flexibility index (Phi) is 3.47. The van der Waals surface area contributed by atoms with Crippen molar-refractivity contribution < 1.29 is 4.52 Å². The fourth-order valence-corrected chi connectivity index (χ4v) is 2.75. The molecule has 96 valence electrons. The van der Waals surface area contributed by atoms with Gasteiger partial charge in [0.05, 0.1) is 22.7 Å². The van der Waals surface area contributed by atoms with Crippen molar-refractivity contribution in [3.63, 3.8) is 0 Å². The van der Waals surface area contributed by atoms with E-state index in [-0.39, 0.29) is 0 Å². The maximum absolute atomic E-state index is 5.58. The van der Waals surface area contributed by atoms with Crippen LogP contribution in [0.4, 0.5) is 5.69 Å². The molecule has 0 radical (unpaired) electrons. The van der Waals surface area contributed by atoms with Crippen LogP contribution in [-0.4, -0.2) is 15.1 Å². The molecule has 0 unspecified atom stereocenters. The van der Waals surface area contributed by atoms with E-state index in [0.29, 0.717) is 23.2 Å². The predicted octanol–water partition coefficient (Wildman–Crippen LogP) is 3.07. The molecule has 0 saturated heterocycles. The molecule has 0 atom stereocenters. The molecule has 5 nitrogen and oxygen atoms in total. The molecule has 3 heterocycles. The van der Waals surface area contributed by atoms with Crippen LogP contribution in [0.3, 0.4) is 0 Å². The van der Waals surface area contributed by atoms with Gasteiger partial charge >= 0.3 is 0 Å². The highest BCUT2D eigenvalue weighted by Gasteiger charge is 2.09. The number of nitrogen functional groups attached to an aromatic ring is 1. The highest BCUT2D eigenvalue weighted by Crippen LogP contribution is 2.23. The summed E-state index contributed by atoms with van der Waals surface area (Å²) >= 11 is 3.14. The molecule has 19 heavy (non-hydrogen) atoms. The highest BCUT2D eigenvalue weighted by molar-refractivity contribution is 7.98. The van der Waals surface area contributed by atoms with Crippen LogP contribution in [0.2, 0.25) is 0 Å². The number of pyridine rings is 1. The van der Waals surface area contributed by atoms with Crippen molar-refractivity contribution in [1.82, 2.24) is 15.1 Å². The van der Waals surface area contributed by atoms with Gasteiger partial charge in [-0.2, -0.15) is 16.3 Å². The normalized spacial score (nSPS) is 10.7. The van der Waals surface area contributed by atoms with Gasteiger partial charge in [-0.15, -0.1) is 0 Å². The van der Waals surface area contributed by atoms with Crippen LogP contribution >= 0.6 is 23.1 Å². The van der Waals surface area contributed by atoms with Gasteiger partial charge in [-0.05, 0) is 23.6 Å². The zero-order chi connectivity index (χ0) is 13.1. The third-order valence-electron chi connectivity index (χ3n) is 2.35. The van der Waals surface area contributed by atoms with E-state index < -0.39 is 0 Å². The van der Waals surface area contributed by atoms with Gasteiger partial charge < -0.3 is 10.3 Å². The summed E-state index contributed by atoms with van der Waals surface area (Å²) in [6, 6.07) is 5.66. The third kappa shape index (κ3) is 2.94. The van der Waals surface area contributed by atoms with E-state index >= 15 is 0 Å². The Bertz CT molecular complexity index is 649. The summed E-state index contributed by atoms with van der Waals surface area (Å²) in [6.07, 6.45) is 1.63. The first-order chi connectivity index (χ1) is 9.31. The number of nitrogens with two attached hydrogens (primary N) is 1. The van der Waals surface area contributed by atoms with Crippen LogP contribution in [0.1, 0.15) is 5.89 Å². The summed E-state index contributed by atoms with van der Waals surface area (Å²) in [5.41, 5.74) is 7.22. The Hall–Kier alpha value is -1.86. The highest BCUT2D eigenvalue weighted by atomic mass is 32.2. The molecule has 3 aromatic heterocycles. The van der Waals surface area contributed by atoms with E-state index in [4.69, 9.17) is 10.3 Å². The Morgan fingerprint density at radius 1 is 1.32 bits per heavy atom. The average molecular weight is 290 g/mol. The van der Waals surface area contributed by atoms with Crippen LogP contribution in [-0.2, 0) is 5.75 Å². The summed E-state index contributed by atoms with van der Waals surface area (Å²) in [6.45, 7) is 0. The van der Waals surface area contributed by atoms with Crippen molar-refractivity contribution in [2.45, 2.75) is 10.8 Å². The van der Waals surface area contributed by atoms with Gasteiger partial charge in [-0.3, -0.25) is 0 Å². The molecule has 0 spiro atoms. The first kappa shape index (κ1) is 12.2. The molecule has 0 aromatic carbocycles. The molecule has 0 bridgehead atoms. The number of hydrogen-bond donors (Lipinski definition) is 1. The monoisotopic (exact) mass is 290 g/mol. The van der Waals surface area contributed by atoms with Crippen LogP contribution in [0.15, 0.2) is 44.7 Å². The number of nitrogens with zero attached hydrogens (tertiary/aromatic N) is 3. The van der Waals surface area contributed by atoms with Crippen LogP contribution < -0.4 is 5.73 Å². The van der Waals surface area contributed by atoms with Crippen molar-refractivity contribution in [1.29, 1.82) is 0 Å². The molecule has 0 aliphatic heterocycles. The standard InChI is InChI=1S/C12H10N4OS2/c13-9-1-2-11(14-5-9)19-7-10-15-12(16-17-10)8-3-4-18-6-8/h1-6H,7,13H2. The molecule has 0 amide bonds. The molecule has 7 heteroatoms. The lowest BCUT2D eigenvalue weighted by Crippen LogP contribution is -1.87. The number of hydrogen-bond acceptors (Lipinski definition) is 7. The second-order valence-corrected chi connectivity index (χ2v) is 5.52. The minimum absolute atomic E-state index is 0.588. The number of rotatable bonds is 4. The van der Waals surface area contributed by atoms with Crippen molar-refractivity contribution in [2.24, 2.45) is 0 Å². The van der Waals surface area contributed by atoms with E-state index in [1.807, 2.05) is 29.0 Å². The zero-order valence-electron chi connectivity index (χ0n) is 9.81. The molecule has 3 aromatic rings. The van der Waals surface area contributed by atoms with Gasteiger partial charge in [0.25, 0.3) is 0 Å². The quantitative estimate of drug-likeness (QED) is 0.744. The largest absolute Gasteiger partial charge is 0.397 e. The average Bonchev–Trinajstić information content (AvgIpc) is 3.09. The van der Waals surface area contributed by atoms with E-state index in [1.165, 1.54) is 11.8 Å². The van der Waals surface area contributed by atoms with Gasteiger partial charge in [0.15, 0.2) is 0 Å². The van der Waals surface area contributed by atoms with E-state index in [9.17, 15) is 0 Å². The second-order valence-electron chi connectivity index (χ2n) is 3.74. The lowest BCUT2D eigenvalue weighted by Gasteiger charge is -1.97. The molecular formula is C12H10N4OS2. The maximum atomic E-state index is 5.58. The minimum atomic E-state index is 0.588. The van der Waals surface area contributed by atoms with Crippen LogP contribution in [0.25, 0.3) is 11.4 Å². The van der Waals surface area contributed by atoms with Crippen LogP contribution in [0, 0.1) is 0 Å². The second kappa shape index (κ2) is 5.41. The smallest absolute Gasteiger partial charge is 0.237 e.